The lowest BCUT2D eigenvalue weighted by Gasteiger charge is -2.45. The molecule has 0 atom stereocenters. The zero-order valence-electron chi connectivity index (χ0n) is 40.2. The Labute approximate surface area is 383 Å². The number of hydrogen-bond acceptors (Lipinski definition) is 2. The Morgan fingerprint density at radius 2 is 0.984 bits per heavy atom. The molecule has 0 unspecified atom stereocenters. The van der Waals surface area contributed by atoms with Crippen molar-refractivity contribution in [2.75, 3.05) is 9.80 Å². The highest BCUT2D eigenvalue weighted by Gasteiger charge is 2.49. The van der Waals surface area contributed by atoms with Gasteiger partial charge < -0.3 is 9.80 Å². The number of rotatable bonds is 4. The molecular weight excluding hydrogens is 771 g/mol. The van der Waals surface area contributed by atoms with Crippen LogP contribution in [-0.2, 0) is 27.1 Å². The molecule has 4 aliphatic rings. The smallest absolute Gasteiger partial charge is 0.252 e. The van der Waals surface area contributed by atoms with Crippen LogP contribution >= 0.6 is 0 Å². The minimum atomic E-state index is -0.00744. The van der Waals surface area contributed by atoms with Gasteiger partial charge in [-0.3, -0.25) is 0 Å². The molecule has 64 heavy (non-hydrogen) atoms. The standard InChI is InChI=1S/C61H63BN2/c1-38-29-54-56-55(30-38)64(51-28-24-42(57(2,3)4)32-44(51)40-21-17-14-18-22-40)52-27-23-41(39-19-15-13-16-20-39)31-49(52)62(56)50-34-47-48(61(11,12)37-60(47,9)10)35-53(50)63(54)43-25-26-45-46(33-43)59(7,8)36-58(45,5)6/h13-35H,36-37H2,1-12H3. The SMILES string of the molecule is Cc1cc2c3c(c1)N(c1ccc(C(C)(C)C)cc1-c1ccccc1)c1ccc(-c4ccccc4)cc1B3c1cc3c(cc1N2c1ccc2c(c1)C(C)(C)CC2(C)C)C(C)(C)CC3(C)C. The molecule has 2 heterocycles. The van der Waals surface area contributed by atoms with Gasteiger partial charge in [0.1, 0.15) is 0 Å². The van der Waals surface area contributed by atoms with Crippen LogP contribution in [-0.4, -0.2) is 6.71 Å². The Morgan fingerprint density at radius 1 is 0.438 bits per heavy atom. The van der Waals surface area contributed by atoms with Crippen LogP contribution < -0.4 is 26.2 Å². The monoisotopic (exact) mass is 835 g/mol. The van der Waals surface area contributed by atoms with E-state index < -0.39 is 0 Å². The largest absolute Gasteiger partial charge is 0.311 e. The molecule has 320 valence electrons. The van der Waals surface area contributed by atoms with Gasteiger partial charge in [-0.05, 0) is 162 Å². The van der Waals surface area contributed by atoms with Gasteiger partial charge in [-0.1, -0.05) is 167 Å². The van der Waals surface area contributed by atoms with Gasteiger partial charge in [0.05, 0.1) is 5.69 Å². The van der Waals surface area contributed by atoms with E-state index in [1.54, 1.807) is 0 Å². The van der Waals surface area contributed by atoms with E-state index in [1.807, 2.05) is 0 Å². The van der Waals surface area contributed by atoms with Gasteiger partial charge in [0.25, 0.3) is 6.71 Å². The molecule has 7 aromatic rings. The summed E-state index contributed by atoms with van der Waals surface area (Å²) < 4.78 is 0. The van der Waals surface area contributed by atoms with Crippen molar-refractivity contribution in [3.05, 3.63) is 173 Å². The van der Waals surface area contributed by atoms with Crippen LogP contribution in [0.3, 0.4) is 0 Å². The first-order valence-corrected chi connectivity index (χ1v) is 23.7. The van der Waals surface area contributed by atoms with Crippen LogP contribution in [0.2, 0.25) is 0 Å². The van der Waals surface area contributed by atoms with Crippen LogP contribution in [0.5, 0.6) is 0 Å². The van der Waals surface area contributed by atoms with Crippen molar-refractivity contribution in [1.82, 2.24) is 0 Å². The summed E-state index contributed by atoms with van der Waals surface area (Å²) in [6.07, 6.45) is 2.26. The van der Waals surface area contributed by atoms with Gasteiger partial charge in [0, 0.05) is 34.0 Å². The molecule has 2 nitrogen and oxygen atoms in total. The fraction of sp³-hybridized carbons (Fsp3) is 0.311. The summed E-state index contributed by atoms with van der Waals surface area (Å²) in [5, 5.41) is 0. The zero-order valence-corrected chi connectivity index (χ0v) is 40.2. The molecular formula is C61H63BN2. The summed E-state index contributed by atoms with van der Waals surface area (Å²) in [7, 11) is 0. The molecule has 0 amide bonds. The molecule has 0 N–H and O–H groups in total. The number of benzene rings is 7. The molecule has 0 aromatic heterocycles. The number of nitrogens with zero attached hydrogens (tertiary/aromatic N) is 2. The highest BCUT2D eigenvalue weighted by Crippen LogP contribution is 2.55. The lowest BCUT2D eigenvalue weighted by Crippen LogP contribution is -2.61. The minimum Gasteiger partial charge on any atom is -0.311 e. The van der Waals surface area contributed by atoms with Crippen molar-refractivity contribution in [3.8, 4) is 22.3 Å². The number of anilines is 6. The molecule has 0 spiro atoms. The van der Waals surface area contributed by atoms with E-state index in [4.69, 9.17) is 0 Å². The van der Waals surface area contributed by atoms with Crippen LogP contribution in [0, 0.1) is 6.92 Å². The van der Waals surface area contributed by atoms with Crippen molar-refractivity contribution in [2.45, 2.75) is 123 Å². The van der Waals surface area contributed by atoms with E-state index in [0.29, 0.717) is 0 Å². The average molecular weight is 835 g/mol. The van der Waals surface area contributed by atoms with Crippen molar-refractivity contribution in [1.29, 1.82) is 0 Å². The number of fused-ring (bicyclic) bond motifs is 6. The Morgan fingerprint density at radius 3 is 1.62 bits per heavy atom. The van der Waals surface area contributed by atoms with Gasteiger partial charge in [0.15, 0.2) is 0 Å². The van der Waals surface area contributed by atoms with Gasteiger partial charge in [-0.15, -0.1) is 0 Å². The van der Waals surface area contributed by atoms with E-state index in [9.17, 15) is 0 Å². The second-order valence-corrected chi connectivity index (χ2v) is 23.4. The molecule has 11 rings (SSSR count). The first-order chi connectivity index (χ1) is 30.2. The maximum atomic E-state index is 2.67. The molecule has 3 heteroatoms. The van der Waals surface area contributed by atoms with Crippen molar-refractivity contribution < 1.29 is 0 Å². The zero-order chi connectivity index (χ0) is 44.9. The quantitative estimate of drug-likeness (QED) is 0.163. The molecule has 2 aliphatic heterocycles. The minimum absolute atomic E-state index is 0.00744. The number of aryl methyl sites for hydroxylation is 1. The number of hydrogen-bond donors (Lipinski definition) is 0. The fourth-order valence-electron chi connectivity index (χ4n) is 13.1. The predicted octanol–water partition coefficient (Wildman–Crippen LogP) is 14.6. The topological polar surface area (TPSA) is 6.48 Å². The van der Waals surface area contributed by atoms with E-state index in [1.165, 1.54) is 106 Å². The van der Waals surface area contributed by atoms with E-state index in [0.717, 1.165) is 12.8 Å². The van der Waals surface area contributed by atoms with E-state index in [-0.39, 0.29) is 33.8 Å². The van der Waals surface area contributed by atoms with Gasteiger partial charge in [-0.25, -0.2) is 0 Å². The molecule has 0 saturated heterocycles. The van der Waals surface area contributed by atoms with Crippen LogP contribution in [0.1, 0.15) is 122 Å². The highest BCUT2D eigenvalue weighted by molar-refractivity contribution is 7.00. The maximum Gasteiger partial charge on any atom is 0.252 e. The van der Waals surface area contributed by atoms with Crippen LogP contribution in [0.25, 0.3) is 22.3 Å². The van der Waals surface area contributed by atoms with Crippen LogP contribution in [0.15, 0.2) is 140 Å². The summed E-state index contributed by atoms with van der Waals surface area (Å²) >= 11 is 0. The van der Waals surface area contributed by atoms with Gasteiger partial charge in [0.2, 0.25) is 0 Å². The summed E-state index contributed by atoms with van der Waals surface area (Å²) in [6.45, 7) is 28.9. The third-order valence-corrected chi connectivity index (χ3v) is 15.6. The first kappa shape index (κ1) is 40.9. The van der Waals surface area contributed by atoms with E-state index >= 15 is 0 Å². The van der Waals surface area contributed by atoms with Crippen molar-refractivity contribution in [2.24, 2.45) is 0 Å². The third-order valence-electron chi connectivity index (χ3n) is 15.6. The highest BCUT2D eigenvalue weighted by atomic mass is 15.2. The molecule has 0 fully saturated rings. The van der Waals surface area contributed by atoms with E-state index in [2.05, 4.69) is 232 Å². The van der Waals surface area contributed by atoms with Crippen molar-refractivity contribution in [3.63, 3.8) is 0 Å². The van der Waals surface area contributed by atoms with Gasteiger partial charge >= 0.3 is 0 Å². The second-order valence-electron chi connectivity index (χ2n) is 23.4. The normalized spacial score (nSPS) is 18.0. The maximum absolute atomic E-state index is 2.67. The molecule has 0 bridgehead atoms. The third kappa shape index (κ3) is 6.13. The molecule has 2 aliphatic carbocycles. The summed E-state index contributed by atoms with van der Waals surface area (Å²) in [6, 6.07) is 54.3. The Bertz CT molecular complexity index is 3050. The summed E-state index contributed by atoms with van der Waals surface area (Å²) in [5.74, 6) is 0. The Balaban J connectivity index is 1.26. The summed E-state index contributed by atoms with van der Waals surface area (Å²) in [4.78, 5) is 5.30. The Kier molecular flexibility index (Phi) is 8.71. The second kappa shape index (κ2) is 13.6. The Hall–Kier alpha value is -5.80. The fourth-order valence-corrected chi connectivity index (χ4v) is 13.1. The molecule has 0 radical (unpaired) electrons. The summed E-state index contributed by atoms with van der Waals surface area (Å²) in [5.41, 5.74) is 25.5. The lowest BCUT2D eigenvalue weighted by atomic mass is 9.33. The van der Waals surface area contributed by atoms with Crippen molar-refractivity contribution >= 4 is 57.2 Å². The average Bonchev–Trinajstić information content (AvgIpc) is 3.56. The predicted molar refractivity (Wildman–Crippen MR) is 276 cm³/mol. The van der Waals surface area contributed by atoms with Crippen LogP contribution in [0.4, 0.5) is 34.1 Å². The molecule has 7 aromatic carbocycles. The van der Waals surface area contributed by atoms with Gasteiger partial charge in [-0.2, -0.15) is 0 Å². The first-order valence-electron chi connectivity index (χ1n) is 23.7. The molecule has 0 saturated carbocycles. The lowest BCUT2D eigenvalue weighted by molar-refractivity contribution is 0.403.